The molecule has 0 aromatic heterocycles. The van der Waals surface area contributed by atoms with E-state index in [1.54, 1.807) is 19.1 Å². The fraction of sp³-hybridized carbons (Fsp3) is 0.280. The number of fused-ring (bicyclic) bond motifs is 1. The summed E-state index contributed by atoms with van der Waals surface area (Å²) in [5.74, 6) is -0.335. The molecule has 0 spiro atoms. The Morgan fingerprint density at radius 3 is 2.53 bits per heavy atom. The minimum atomic E-state index is -0.242. The van der Waals surface area contributed by atoms with Crippen LogP contribution in [0.3, 0.4) is 0 Å². The number of hydrogen-bond donors (Lipinski definition) is 1. The molecule has 154 valence electrons. The monoisotopic (exact) mass is 404 g/mol. The summed E-state index contributed by atoms with van der Waals surface area (Å²) in [6.07, 6.45) is 1.29. The highest BCUT2D eigenvalue weighted by Gasteiger charge is 2.28. The second kappa shape index (κ2) is 8.66. The quantitative estimate of drug-likeness (QED) is 0.698. The van der Waals surface area contributed by atoms with E-state index < -0.39 is 0 Å². The van der Waals surface area contributed by atoms with Gasteiger partial charge in [-0.3, -0.25) is 9.59 Å². The third kappa shape index (κ3) is 4.20. The molecule has 1 aliphatic rings. The van der Waals surface area contributed by atoms with Gasteiger partial charge in [-0.05, 0) is 53.8 Å². The Hall–Kier alpha value is -3.21. The molecule has 1 saturated heterocycles. The summed E-state index contributed by atoms with van der Waals surface area (Å²) in [5.41, 5.74) is 2.16. The smallest absolute Gasteiger partial charge is 0.254 e. The molecule has 3 aromatic rings. The van der Waals surface area contributed by atoms with Crippen LogP contribution in [0.15, 0.2) is 60.7 Å². The van der Waals surface area contributed by atoms with Gasteiger partial charge in [0.2, 0.25) is 5.91 Å². The fourth-order valence-corrected chi connectivity index (χ4v) is 4.08. The second-order valence-electron chi connectivity index (χ2n) is 7.89. The van der Waals surface area contributed by atoms with E-state index >= 15 is 0 Å². The van der Waals surface area contributed by atoms with Crippen LogP contribution in [0.25, 0.3) is 10.8 Å². The third-order valence-corrected chi connectivity index (χ3v) is 5.86. The molecule has 0 saturated carbocycles. The van der Waals surface area contributed by atoms with Crippen LogP contribution in [-0.2, 0) is 11.3 Å². The van der Waals surface area contributed by atoms with E-state index in [1.807, 2.05) is 47.4 Å². The van der Waals surface area contributed by atoms with Crippen LogP contribution in [0.1, 0.15) is 34.3 Å². The number of halogens is 1. The lowest BCUT2D eigenvalue weighted by molar-refractivity contribution is -0.126. The average molecular weight is 404 g/mol. The van der Waals surface area contributed by atoms with Crippen LogP contribution in [-0.4, -0.2) is 29.8 Å². The maximum Gasteiger partial charge on any atom is 0.254 e. The number of amides is 2. The number of likely N-dealkylation sites (tertiary alicyclic amines) is 1. The van der Waals surface area contributed by atoms with Crippen molar-refractivity contribution >= 4 is 22.6 Å². The Morgan fingerprint density at radius 2 is 1.77 bits per heavy atom. The topological polar surface area (TPSA) is 49.4 Å². The van der Waals surface area contributed by atoms with Gasteiger partial charge in [0.25, 0.3) is 5.91 Å². The summed E-state index contributed by atoms with van der Waals surface area (Å²) in [4.78, 5) is 27.5. The highest BCUT2D eigenvalue weighted by atomic mass is 19.1. The van der Waals surface area contributed by atoms with Gasteiger partial charge >= 0.3 is 0 Å². The summed E-state index contributed by atoms with van der Waals surface area (Å²) < 4.78 is 13.4. The van der Waals surface area contributed by atoms with E-state index in [9.17, 15) is 14.0 Å². The zero-order valence-corrected chi connectivity index (χ0v) is 17.0. The zero-order valence-electron chi connectivity index (χ0n) is 17.0. The van der Waals surface area contributed by atoms with Gasteiger partial charge in [-0.25, -0.2) is 4.39 Å². The van der Waals surface area contributed by atoms with Crippen molar-refractivity contribution in [2.75, 3.05) is 13.1 Å². The van der Waals surface area contributed by atoms with E-state index in [0.29, 0.717) is 43.6 Å². The van der Waals surface area contributed by atoms with Gasteiger partial charge in [0, 0.05) is 31.1 Å². The largest absolute Gasteiger partial charge is 0.352 e. The van der Waals surface area contributed by atoms with Crippen LogP contribution in [0.4, 0.5) is 4.39 Å². The normalized spacial score (nSPS) is 14.7. The summed E-state index contributed by atoms with van der Waals surface area (Å²) in [7, 11) is 0. The van der Waals surface area contributed by atoms with E-state index in [-0.39, 0.29) is 23.5 Å². The number of nitrogens with one attached hydrogen (secondary N) is 1. The van der Waals surface area contributed by atoms with Crippen LogP contribution < -0.4 is 5.32 Å². The van der Waals surface area contributed by atoms with Crippen molar-refractivity contribution in [3.63, 3.8) is 0 Å². The molecule has 1 aliphatic heterocycles. The summed E-state index contributed by atoms with van der Waals surface area (Å²) in [6, 6.07) is 18.5. The molecule has 1 N–H and O–H groups in total. The number of rotatable bonds is 4. The van der Waals surface area contributed by atoms with Crippen molar-refractivity contribution < 1.29 is 14.0 Å². The number of nitrogens with zero attached hydrogens (tertiary/aromatic N) is 1. The van der Waals surface area contributed by atoms with Crippen molar-refractivity contribution in [2.24, 2.45) is 5.92 Å². The first-order chi connectivity index (χ1) is 14.5. The minimum absolute atomic E-state index is 0.00534. The molecule has 1 heterocycles. The molecule has 0 atom stereocenters. The Kier molecular flexibility index (Phi) is 5.79. The molecule has 4 nitrogen and oxygen atoms in total. The van der Waals surface area contributed by atoms with Crippen LogP contribution in [0.2, 0.25) is 0 Å². The molecule has 5 heteroatoms. The minimum Gasteiger partial charge on any atom is -0.352 e. The fourth-order valence-electron chi connectivity index (χ4n) is 4.08. The van der Waals surface area contributed by atoms with Gasteiger partial charge < -0.3 is 10.2 Å². The first-order valence-electron chi connectivity index (χ1n) is 10.3. The molecule has 0 radical (unpaired) electrons. The van der Waals surface area contributed by atoms with E-state index in [0.717, 1.165) is 16.3 Å². The SMILES string of the molecule is Cc1cc(CNC(=O)C2CCN(C(=O)c3cccc4ccccc34)CC2)ccc1F. The molecule has 0 bridgehead atoms. The lowest BCUT2D eigenvalue weighted by Gasteiger charge is -2.31. The number of benzene rings is 3. The van der Waals surface area contributed by atoms with Gasteiger partial charge in [0.1, 0.15) is 5.82 Å². The molecule has 0 unspecified atom stereocenters. The van der Waals surface area contributed by atoms with Crippen molar-refractivity contribution in [3.8, 4) is 0 Å². The summed E-state index contributed by atoms with van der Waals surface area (Å²) >= 11 is 0. The molecular weight excluding hydrogens is 379 g/mol. The number of piperidine rings is 1. The van der Waals surface area contributed by atoms with Crippen LogP contribution in [0, 0.1) is 18.7 Å². The van der Waals surface area contributed by atoms with E-state index in [4.69, 9.17) is 0 Å². The van der Waals surface area contributed by atoms with Crippen molar-refractivity contribution in [2.45, 2.75) is 26.3 Å². The molecule has 0 aliphatic carbocycles. The maximum absolute atomic E-state index is 13.4. The summed E-state index contributed by atoms with van der Waals surface area (Å²) in [6.45, 7) is 3.23. The number of hydrogen-bond acceptors (Lipinski definition) is 2. The first-order valence-corrected chi connectivity index (χ1v) is 10.3. The Labute approximate surface area is 175 Å². The van der Waals surface area contributed by atoms with Crippen LogP contribution in [0.5, 0.6) is 0 Å². The van der Waals surface area contributed by atoms with Gasteiger partial charge in [-0.15, -0.1) is 0 Å². The van der Waals surface area contributed by atoms with Gasteiger partial charge in [0.15, 0.2) is 0 Å². The number of carbonyl (C=O) groups excluding carboxylic acids is 2. The molecule has 3 aromatic carbocycles. The van der Waals surface area contributed by atoms with Crippen molar-refractivity contribution in [1.29, 1.82) is 0 Å². The van der Waals surface area contributed by atoms with Crippen molar-refractivity contribution in [3.05, 3.63) is 83.2 Å². The predicted molar refractivity (Wildman–Crippen MR) is 116 cm³/mol. The van der Waals surface area contributed by atoms with Crippen molar-refractivity contribution in [1.82, 2.24) is 10.2 Å². The third-order valence-electron chi connectivity index (χ3n) is 5.86. The molecule has 1 fully saturated rings. The molecule has 2 amide bonds. The maximum atomic E-state index is 13.4. The van der Waals surface area contributed by atoms with Crippen LogP contribution >= 0.6 is 0 Å². The Morgan fingerprint density at radius 1 is 1.03 bits per heavy atom. The highest BCUT2D eigenvalue weighted by molar-refractivity contribution is 6.07. The molecule has 30 heavy (non-hydrogen) atoms. The Bertz CT molecular complexity index is 1080. The zero-order chi connectivity index (χ0) is 21.1. The van der Waals surface area contributed by atoms with Gasteiger partial charge in [-0.2, -0.15) is 0 Å². The highest BCUT2D eigenvalue weighted by Crippen LogP contribution is 2.24. The molecular formula is C25H25FN2O2. The molecule has 4 rings (SSSR count). The number of aryl methyl sites for hydroxylation is 1. The lowest BCUT2D eigenvalue weighted by Crippen LogP contribution is -2.43. The first kappa shape index (κ1) is 20.1. The average Bonchev–Trinajstić information content (AvgIpc) is 2.79. The standard InChI is InChI=1S/C25H25FN2O2/c1-17-15-18(9-10-23(17)26)16-27-24(29)20-11-13-28(14-12-20)25(30)22-8-4-6-19-5-2-3-7-21(19)22/h2-10,15,20H,11-14,16H2,1H3,(H,27,29). The summed E-state index contributed by atoms with van der Waals surface area (Å²) in [5, 5.41) is 4.96. The van der Waals surface area contributed by atoms with E-state index in [2.05, 4.69) is 5.32 Å². The number of carbonyl (C=O) groups is 2. The predicted octanol–water partition coefficient (Wildman–Crippen LogP) is 4.46. The van der Waals surface area contributed by atoms with Gasteiger partial charge in [0.05, 0.1) is 0 Å². The lowest BCUT2D eigenvalue weighted by atomic mass is 9.94. The second-order valence-corrected chi connectivity index (χ2v) is 7.89. The van der Waals surface area contributed by atoms with Gasteiger partial charge in [-0.1, -0.05) is 48.5 Å². The van der Waals surface area contributed by atoms with E-state index in [1.165, 1.54) is 6.07 Å². The Balaban J connectivity index is 1.34.